The first-order chi connectivity index (χ1) is 12.2. The van der Waals surface area contributed by atoms with E-state index in [0.717, 1.165) is 30.0 Å². The zero-order valence-corrected chi connectivity index (χ0v) is 17.5. The summed E-state index contributed by atoms with van der Waals surface area (Å²) in [5, 5.41) is 0. The maximum absolute atomic E-state index is 12.7. The Balaban J connectivity index is 0.00000210. The summed E-state index contributed by atoms with van der Waals surface area (Å²) < 4.78 is 5.64. The molecule has 1 aliphatic carbocycles. The number of H-pyrrole nitrogens is 1. The van der Waals surface area contributed by atoms with Gasteiger partial charge in [-0.25, -0.2) is 9.78 Å². The standard InChI is InChI=1S/C21H27N3O2.H2S/c1-14-5-7-15(8-6-14)16-12-22-18(23-16)17-11-21(9-10-21)13-24(17)19(25)26-20(2,3)4;/h5-8,12,17H,9-11,13H2,1-4H3,(H,22,23);1H2/t17-;/m0./s1. The lowest BCUT2D eigenvalue weighted by Crippen LogP contribution is -2.37. The van der Waals surface area contributed by atoms with Crippen molar-refractivity contribution in [3.8, 4) is 11.3 Å². The molecule has 1 aromatic carbocycles. The molecule has 1 aromatic heterocycles. The molecule has 0 bridgehead atoms. The van der Waals surface area contributed by atoms with Crippen molar-refractivity contribution >= 4 is 19.6 Å². The number of nitrogens with zero attached hydrogens (tertiary/aromatic N) is 2. The highest BCUT2D eigenvalue weighted by molar-refractivity contribution is 7.59. The Morgan fingerprint density at radius 3 is 2.52 bits per heavy atom. The molecule has 6 heteroatoms. The number of aromatic amines is 1. The number of hydrogen-bond acceptors (Lipinski definition) is 3. The van der Waals surface area contributed by atoms with Gasteiger partial charge < -0.3 is 9.72 Å². The Kier molecular flexibility index (Phi) is 5.06. The molecule has 1 aliphatic heterocycles. The fraction of sp³-hybridized carbons (Fsp3) is 0.524. The van der Waals surface area contributed by atoms with E-state index >= 15 is 0 Å². The molecule has 1 amide bonds. The molecule has 1 spiro atoms. The number of rotatable bonds is 2. The van der Waals surface area contributed by atoms with E-state index in [2.05, 4.69) is 41.2 Å². The van der Waals surface area contributed by atoms with Crippen LogP contribution in [0.15, 0.2) is 30.5 Å². The Morgan fingerprint density at radius 2 is 1.93 bits per heavy atom. The van der Waals surface area contributed by atoms with Crippen molar-refractivity contribution in [2.75, 3.05) is 6.54 Å². The van der Waals surface area contributed by atoms with Crippen molar-refractivity contribution in [1.82, 2.24) is 14.9 Å². The monoisotopic (exact) mass is 387 g/mol. The minimum absolute atomic E-state index is 0. The molecule has 4 rings (SSSR count). The number of aryl methyl sites for hydroxylation is 1. The highest BCUT2D eigenvalue weighted by Crippen LogP contribution is 2.58. The largest absolute Gasteiger partial charge is 0.444 e. The van der Waals surface area contributed by atoms with Crippen LogP contribution >= 0.6 is 13.5 Å². The highest BCUT2D eigenvalue weighted by atomic mass is 32.1. The summed E-state index contributed by atoms with van der Waals surface area (Å²) in [6, 6.07) is 8.34. The fourth-order valence-corrected chi connectivity index (χ4v) is 3.74. The zero-order valence-electron chi connectivity index (χ0n) is 16.5. The SMILES string of the molecule is Cc1ccc(-c2cnc([C@@H]3CC4(CC4)CN3C(=O)OC(C)(C)C)[nH]2)cc1.S. The van der Waals surface area contributed by atoms with E-state index in [1.54, 1.807) is 0 Å². The Morgan fingerprint density at radius 1 is 1.26 bits per heavy atom. The van der Waals surface area contributed by atoms with Gasteiger partial charge in [-0.15, -0.1) is 0 Å². The molecule has 2 aliphatic rings. The minimum Gasteiger partial charge on any atom is -0.444 e. The number of likely N-dealkylation sites (tertiary alicyclic amines) is 1. The number of amides is 1. The molecule has 0 unspecified atom stereocenters. The van der Waals surface area contributed by atoms with Crippen LogP contribution in [0.2, 0.25) is 0 Å². The van der Waals surface area contributed by atoms with Gasteiger partial charge in [0.25, 0.3) is 0 Å². The van der Waals surface area contributed by atoms with E-state index in [0.29, 0.717) is 0 Å². The van der Waals surface area contributed by atoms with Crippen molar-refractivity contribution in [2.45, 2.75) is 58.6 Å². The van der Waals surface area contributed by atoms with Gasteiger partial charge in [0, 0.05) is 6.54 Å². The van der Waals surface area contributed by atoms with E-state index in [9.17, 15) is 4.79 Å². The van der Waals surface area contributed by atoms with Gasteiger partial charge in [-0.05, 0) is 57.9 Å². The number of ether oxygens (including phenoxy) is 1. The number of benzene rings is 1. The van der Waals surface area contributed by atoms with Crippen LogP contribution in [0.3, 0.4) is 0 Å². The summed E-state index contributed by atoms with van der Waals surface area (Å²) in [4.78, 5) is 22.7. The van der Waals surface area contributed by atoms with Gasteiger partial charge in [0.15, 0.2) is 0 Å². The van der Waals surface area contributed by atoms with E-state index in [-0.39, 0.29) is 31.0 Å². The smallest absolute Gasteiger partial charge is 0.410 e. The van der Waals surface area contributed by atoms with Crippen LogP contribution in [-0.4, -0.2) is 33.1 Å². The van der Waals surface area contributed by atoms with Crippen molar-refractivity contribution in [1.29, 1.82) is 0 Å². The average molecular weight is 388 g/mol. The van der Waals surface area contributed by atoms with Gasteiger partial charge >= 0.3 is 6.09 Å². The second-order valence-electron chi connectivity index (χ2n) is 8.88. The lowest BCUT2D eigenvalue weighted by atomic mass is 10.0. The molecule has 2 aromatic rings. The maximum Gasteiger partial charge on any atom is 0.410 e. The molecule has 27 heavy (non-hydrogen) atoms. The number of aromatic nitrogens is 2. The van der Waals surface area contributed by atoms with Crippen molar-refractivity contribution in [2.24, 2.45) is 5.41 Å². The predicted molar refractivity (Wildman–Crippen MR) is 111 cm³/mol. The zero-order chi connectivity index (χ0) is 18.5. The summed E-state index contributed by atoms with van der Waals surface area (Å²) in [6.45, 7) is 8.57. The third-order valence-corrected chi connectivity index (χ3v) is 5.37. The van der Waals surface area contributed by atoms with Crippen LogP contribution in [0.1, 0.15) is 57.5 Å². The quantitative estimate of drug-likeness (QED) is 0.792. The van der Waals surface area contributed by atoms with Crippen molar-refractivity contribution in [3.63, 3.8) is 0 Å². The molecule has 2 fully saturated rings. The second-order valence-corrected chi connectivity index (χ2v) is 8.88. The number of imidazole rings is 1. The average Bonchev–Trinajstić information content (AvgIpc) is 2.98. The molecule has 2 heterocycles. The van der Waals surface area contributed by atoms with Crippen LogP contribution in [0.25, 0.3) is 11.3 Å². The van der Waals surface area contributed by atoms with Gasteiger partial charge in [0.2, 0.25) is 0 Å². The summed E-state index contributed by atoms with van der Waals surface area (Å²) in [5.74, 6) is 0.857. The van der Waals surface area contributed by atoms with Crippen LogP contribution in [-0.2, 0) is 4.74 Å². The first kappa shape index (κ1) is 19.8. The van der Waals surface area contributed by atoms with Gasteiger partial charge in [-0.2, -0.15) is 13.5 Å². The maximum atomic E-state index is 12.7. The summed E-state index contributed by atoms with van der Waals surface area (Å²) >= 11 is 0. The Labute approximate surface area is 168 Å². The van der Waals surface area contributed by atoms with Gasteiger partial charge in [0.05, 0.1) is 17.9 Å². The first-order valence-electron chi connectivity index (χ1n) is 9.36. The number of carbonyl (C=O) groups excluding carboxylic acids is 1. The molecule has 1 atom stereocenters. The Hall–Kier alpha value is -1.95. The number of hydrogen-bond donors (Lipinski definition) is 1. The molecular formula is C21H29N3O2S. The molecule has 146 valence electrons. The van der Waals surface area contributed by atoms with Crippen LogP contribution in [0.4, 0.5) is 4.79 Å². The van der Waals surface area contributed by atoms with Gasteiger partial charge in [-0.3, -0.25) is 4.90 Å². The predicted octanol–water partition coefficient (Wildman–Crippen LogP) is 4.96. The second kappa shape index (κ2) is 6.89. The molecule has 1 N–H and O–H groups in total. The number of carbonyl (C=O) groups is 1. The fourth-order valence-electron chi connectivity index (χ4n) is 3.74. The van der Waals surface area contributed by atoms with Crippen LogP contribution in [0.5, 0.6) is 0 Å². The molecule has 5 nitrogen and oxygen atoms in total. The van der Waals surface area contributed by atoms with Crippen LogP contribution < -0.4 is 0 Å². The third kappa shape index (κ3) is 4.15. The normalized spacial score (nSPS) is 20.4. The summed E-state index contributed by atoms with van der Waals surface area (Å²) in [7, 11) is 0. The number of nitrogens with one attached hydrogen (secondary N) is 1. The van der Waals surface area contributed by atoms with Gasteiger partial charge in [-0.1, -0.05) is 29.8 Å². The molecule has 1 saturated heterocycles. The lowest BCUT2D eigenvalue weighted by Gasteiger charge is -2.27. The summed E-state index contributed by atoms with van der Waals surface area (Å²) in [6.07, 6.45) is 4.97. The molecular weight excluding hydrogens is 358 g/mol. The lowest BCUT2D eigenvalue weighted by molar-refractivity contribution is 0.0212. The van der Waals surface area contributed by atoms with Gasteiger partial charge in [0.1, 0.15) is 11.4 Å². The topological polar surface area (TPSA) is 58.2 Å². The van der Waals surface area contributed by atoms with E-state index in [1.165, 1.54) is 18.4 Å². The third-order valence-electron chi connectivity index (χ3n) is 5.37. The van der Waals surface area contributed by atoms with E-state index in [4.69, 9.17) is 4.74 Å². The van der Waals surface area contributed by atoms with Crippen molar-refractivity contribution in [3.05, 3.63) is 41.9 Å². The van der Waals surface area contributed by atoms with Crippen LogP contribution in [0, 0.1) is 12.3 Å². The van der Waals surface area contributed by atoms with Crippen molar-refractivity contribution < 1.29 is 9.53 Å². The highest BCUT2D eigenvalue weighted by Gasteiger charge is 2.55. The molecule has 1 saturated carbocycles. The molecule has 0 radical (unpaired) electrons. The Bertz CT molecular complexity index is 819. The minimum atomic E-state index is -0.489. The van der Waals surface area contributed by atoms with E-state index in [1.807, 2.05) is 31.9 Å². The first-order valence-corrected chi connectivity index (χ1v) is 9.36. The summed E-state index contributed by atoms with van der Waals surface area (Å²) in [5.41, 5.74) is 3.12. The van der Waals surface area contributed by atoms with E-state index < -0.39 is 5.60 Å².